The quantitative estimate of drug-likeness (QED) is 0.889. The SMILES string of the molecule is O=C(Nc1ncccc1OCc1ccccc1)C1CCCN1. The Morgan fingerprint density at radius 1 is 1.27 bits per heavy atom. The van der Waals surface area contributed by atoms with Gasteiger partial charge < -0.3 is 15.4 Å². The van der Waals surface area contributed by atoms with Gasteiger partial charge in [-0.2, -0.15) is 0 Å². The standard InChI is InChI=1S/C17H19N3O2/c21-17(14-8-4-10-18-14)20-16-15(9-5-11-19-16)22-12-13-6-2-1-3-7-13/h1-3,5-7,9,11,14,18H,4,8,10,12H2,(H,19,20,21). The molecule has 22 heavy (non-hydrogen) atoms. The Morgan fingerprint density at radius 2 is 2.14 bits per heavy atom. The van der Waals surface area contributed by atoms with E-state index in [-0.39, 0.29) is 11.9 Å². The maximum absolute atomic E-state index is 12.2. The monoisotopic (exact) mass is 297 g/mol. The van der Waals surface area contributed by atoms with Crippen LogP contribution in [0.5, 0.6) is 5.75 Å². The lowest BCUT2D eigenvalue weighted by molar-refractivity contribution is -0.117. The molecule has 2 heterocycles. The van der Waals surface area contributed by atoms with Crippen LogP contribution in [0, 0.1) is 0 Å². The summed E-state index contributed by atoms with van der Waals surface area (Å²) in [6.07, 6.45) is 3.53. The van der Waals surface area contributed by atoms with Gasteiger partial charge in [0.25, 0.3) is 0 Å². The number of benzene rings is 1. The van der Waals surface area contributed by atoms with E-state index in [0.717, 1.165) is 24.9 Å². The molecule has 1 saturated heterocycles. The van der Waals surface area contributed by atoms with Gasteiger partial charge in [0.05, 0.1) is 6.04 Å². The van der Waals surface area contributed by atoms with E-state index in [4.69, 9.17) is 4.74 Å². The molecule has 1 fully saturated rings. The Hall–Kier alpha value is -2.40. The lowest BCUT2D eigenvalue weighted by Crippen LogP contribution is -2.35. The highest BCUT2D eigenvalue weighted by atomic mass is 16.5. The van der Waals surface area contributed by atoms with Crippen molar-refractivity contribution >= 4 is 11.7 Å². The van der Waals surface area contributed by atoms with Crippen LogP contribution >= 0.6 is 0 Å². The number of pyridine rings is 1. The van der Waals surface area contributed by atoms with Gasteiger partial charge >= 0.3 is 0 Å². The van der Waals surface area contributed by atoms with Crippen LogP contribution in [-0.2, 0) is 11.4 Å². The van der Waals surface area contributed by atoms with Crippen molar-refractivity contribution in [1.82, 2.24) is 10.3 Å². The van der Waals surface area contributed by atoms with Crippen LogP contribution in [-0.4, -0.2) is 23.5 Å². The van der Waals surface area contributed by atoms with Crippen molar-refractivity contribution in [1.29, 1.82) is 0 Å². The van der Waals surface area contributed by atoms with Crippen LogP contribution in [0.4, 0.5) is 5.82 Å². The maximum atomic E-state index is 12.2. The zero-order valence-corrected chi connectivity index (χ0v) is 12.3. The molecule has 1 atom stereocenters. The highest BCUT2D eigenvalue weighted by molar-refractivity contribution is 5.95. The van der Waals surface area contributed by atoms with Crippen molar-refractivity contribution in [3.63, 3.8) is 0 Å². The van der Waals surface area contributed by atoms with Crippen LogP contribution in [0.25, 0.3) is 0 Å². The molecule has 3 rings (SSSR count). The molecule has 5 heteroatoms. The fourth-order valence-electron chi connectivity index (χ4n) is 2.45. The molecule has 0 saturated carbocycles. The van der Waals surface area contributed by atoms with E-state index in [2.05, 4.69) is 15.6 Å². The summed E-state index contributed by atoms with van der Waals surface area (Å²) in [7, 11) is 0. The summed E-state index contributed by atoms with van der Waals surface area (Å²) < 4.78 is 5.79. The number of nitrogens with zero attached hydrogens (tertiary/aromatic N) is 1. The average Bonchev–Trinajstić information content (AvgIpc) is 3.10. The first kappa shape index (κ1) is 14.5. The Balaban J connectivity index is 1.65. The predicted molar refractivity (Wildman–Crippen MR) is 84.7 cm³/mol. The van der Waals surface area contributed by atoms with E-state index < -0.39 is 0 Å². The number of rotatable bonds is 5. The van der Waals surface area contributed by atoms with E-state index in [1.807, 2.05) is 36.4 Å². The summed E-state index contributed by atoms with van der Waals surface area (Å²) in [6, 6.07) is 13.4. The maximum Gasteiger partial charge on any atom is 0.242 e. The van der Waals surface area contributed by atoms with Crippen molar-refractivity contribution in [3.8, 4) is 5.75 Å². The predicted octanol–water partition coefficient (Wildman–Crippen LogP) is 2.35. The van der Waals surface area contributed by atoms with E-state index in [9.17, 15) is 4.79 Å². The molecule has 0 radical (unpaired) electrons. The Kier molecular flexibility index (Phi) is 4.65. The van der Waals surface area contributed by atoms with Gasteiger partial charge in [0.1, 0.15) is 6.61 Å². The number of aromatic nitrogens is 1. The number of hydrogen-bond acceptors (Lipinski definition) is 4. The third-order valence-corrected chi connectivity index (χ3v) is 3.63. The average molecular weight is 297 g/mol. The normalized spacial score (nSPS) is 17.2. The summed E-state index contributed by atoms with van der Waals surface area (Å²) in [5.41, 5.74) is 1.07. The van der Waals surface area contributed by atoms with Gasteiger partial charge in [-0.15, -0.1) is 0 Å². The van der Waals surface area contributed by atoms with Gasteiger partial charge in [-0.1, -0.05) is 30.3 Å². The third-order valence-electron chi connectivity index (χ3n) is 3.63. The minimum atomic E-state index is -0.135. The van der Waals surface area contributed by atoms with Crippen LogP contribution in [0.2, 0.25) is 0 Å². The van der Waals surface area contributed by atoms with Gasteiger partial charge in [-0.05, 0) is 37.1 Å². The molecule has 2 N–H and O–H groups in total. The molecule has 1 unspecified atom stereocenters. The van der Waals surface area contributed by atoms with Crippen LogP contribution < -0.4 is 15.4 Å². The largest absolute Gasteiger partial charge is 0.485 e. The molecule has 1 aliphatic heterocycles. The Bertz CT molecular complexity index is 625. The molecule has 1 aromatic carbocycles. The molecule has 1 aliphatic rings. The first-order valence-electron chi connectivity index (χ1n) is 7.49. The van der Waals surface area contributed by atoms with Gasteiger partial charge in [-0.25, -0.2) is 4.98 Å². The minimum absolute atomic E-state index is 0.0549. The van der Waals surface area contributed by atoms with E-state index in [0.29, 0.717) is 18.2 Å². The summed E-state index contributed by atoms with van der Waals surface area (Å²) >= 11 is 0. The summed E-state index contributed by atoms with van der Waals surface area (Å²) in [5.74, 6) is 0.996. The zero-order chi connectivity index (χ0) is 15.2. The molecule has 1 amide bonds. The zero-order valence-electron chi connectivity index (χ0n) is 12.3. The number of ether oxygens (including phenoxy) is 1. The molecule has 5 nitrogen and oxygen atoms in total. The Morgan fingerprint density at radius 3 is 2.91 bits per heavy atom. The van der Waals surface area contributed by atoms with Crippen LogP contribution in [0.3, 0.4) is 0 Å². The number of hydrogen-bond donors (Lipinski definition) is 2. The van der Waals surface area contributed by atoms with Gasteiger partial charge in [-0.3, -0.25) is 4.79 Å². The smallest absolute Gasteiger partial charge is 0.242 e. The van der Waals surface area contributed by atoms with Crippen molar-refractivity contribution in [2.75, 3.05) is 11.9 Å². The van der Waals surface area contributed by atoms with E-state index in [1.165, 1.54) is 0 Å². The lowest BCUT2D eigenvalue weighted by Gasteiger charge is -2.14. The second kappa shape index (κ2) is 7.04. The van der Waals surface area contributed by atoms with E-state index >= 15 is 0 Å². The van der Waals surface area contributed by atoms with Crippen molar-refractivity contribution in [2.24, 2.45) is 0 Å². The first-order valence-corrected chi connectivity index (χ1v) is 7.49. The molecule has 0 aliphatic carbocycles. The molecule has 2 aromatic rings. The molecule has 1 aromatic heterocycles. The Labute approximate surface area is 129 Å². The number of anilines is 1. The fraction of sp³-hybridized carbons (Fsp3) is 0.294. The third kappa shape index (κ3) is 3.62. The fourth-order valence-corrected chi connectivity index (χ4v) is 2.45. The summed E-state index contributed by atoms with van der Waals surface area (Å²) in [6.45, 7) is 1.33. The molecular weight excluding hydrogens is 278 g/mol. The van der Waals surface area contributed by atoms with Crippen LogP contribution in [0.1, 0.15) is 18.4 Å². The molecule has 0 spiro atoms. The minimum Gasteiger partial charge on any atom is -0.485 e. The highest BCUT2D eigenvalue weighted by Crippen LogP contribution is 2.22. The molecule has 0 bridgehead atoms. The second-order valence-electron chi connectivity index (χ2n) is 5.26. The number of nitrogens with one attached hydrogen (secondary N) is 2. The number of carbonyl (C=O) groups excluding carboxylic acids is 1. The molecule has 114 valence electrons. The highest BCUT2D eigenvalue weighted by Gasteiger charge is 2.23. The van der Waals surface area contributed by atoms with Crippen LogP contribution in [0.15, 0.2) is 48.7 Å². The number of carbonyl (C=O) groups is 1. The van der Waals surface area contributed by atoms with Crippen molar-refractivity contribution in [3.05, 3.63) is 54.2 Å². The van der Waals surface area contributed by atoms with Crippen molar-refractivity contribution in [2.45, 2.75) is 25.5 Å². The summed E-state index contributed by atoms with van der Waals surface area (Å²) in [5, 5.41) is 6.02. The first-order chi connectivity index (χ1) is 10.8. The molecular formula is C17H19N3O2. The van der Waals surface area contributed by atoms with Gasteiger partial charge in [0, 0.05) is 6.20 Å². The van der Waals surface area contributed by atoms with Gasteiger partial charge in [0.15, 0.2) is 11.6 Å². The van der Waals surface area contributed by atoms with Gasteiger partial charge in [0.2, 0.25) is 5.91 Å². The topological polar surface area (TPSA) is 63.2 Å². The lowest BCUT2D eigenvalue weighted by atomic mass is 10.2. The number of amides is 1. The van der Waals surface area contributed by atoms with E-state index in [1.54, 1.807) is 12.3 Å². The second-order valence-corrected chi connectivity index (χ2v) is 5.26. The summed E-state index contributed by atoms with van der Waals surface area (Å²) in [4.78, 5) is 16.4. The van der Waals surface area contributed by atoms with Crippen molar-refractivity contribution < 1.29 is 9.53 Å².